The summed E-state index contributed by atoms with van der Waals surface area (Å²) in [6.45, 7) is 1.25. The summed E-state index contributed by atoms with van der Waals surface area (Å²) in [5, 5.41) is 2.01. The van der Waals surface area contributed by atoms with Crippen molar-refractivity contribution < 1.29 is 4.74 Å². The van der Waals surface area contributed by atoms with Crippen LogP contribution in [0.25, 0.3) is 10.7 Å². The van der Waals surface area contributed by atoms with Gasteiger partial charge in [-0.25, -0.2) is 9.97 Å². The van der Waals surface area contributed by atoms with Crippen molar-refractivity contribution in [1.82, 2.24) is 9.97 Å². The van der Waals surface area contributed by atoms with Crippen molar-refractivity contribution in [3.05, 3.63) is 28.8 Å². The maximum Gasteiger partial charge on any atom is 0.171 e. The third-order valence-corrected chi connectivity index (χ3v) is 3.46. The summed E-state index contributed by atoms with van der Waals surface area (Å²) in [7, 11) is 0. The molecule has 0 spiro atoms. The summed E-state index contributed by atoms with van der Waals surface area (Å²) in [5.74, 6) is 1.28. The minimum Gasteiger partial charge on any atom is -0.383 e. The topological polar surface area (TPSA) is 61.0 Å². The number of thiophene rings is 1. The van der Waals surface area contributed by atoms with Gasteiger partial charge in [-0.3, -0.25) is 0 Å². The third-order valence-electron chi connectivity index (χ3n) is 2.60. The predicted octanol–water partition coefficient (Wildman–Crippen LogP) is 1.86. The molecule has 0 saturated carbocycles. The number of ether oxygens (including phenoxy) is 1. The van der Waals surface area contributed by atoms with Gasteiger partial charge in [0.05, 0.1) is 23.8 Å². The highest BCUT2D eigenvalue weighted by molar-refractivity contribution is 7.13. The Labute approximate surface area is 97.1 Å². The van der Waals surface area contributed by atoms with Crippen LogP contribution in [0.2, 0.25) is 0 Å². The zero-order valence-electron chi connectivity index (χ0n) is 8.64. The van der Waals surface area contributed by atoms with Crippen LogP contribution >= 0.6 is 11.3 Å². The molecule has 0 aromatic carbocycles. The largest absolute Gasteiger partial charge is 0.383 e. The lowest BCUT2D eigenvalue weighted by molar-refractivity contribution is 0.109. The highest BCUT2D eigenvalue weighted by atomic mass is 32.1. The minimum atomic E-state index is 0.534. The fraction of sp³-hybridized carbons (Fsp3) is 0.273. The van der Waals surface area contributed by atoms with E-state index >= 15 is 0 Å². The second-order valence-electron chi connectivity index (χ2n) is 3.64. The number of rotatable bonds is 1. The van der Waals surface area contributed by atoms with Gasteiger partial charge in [0.15, 0.2) is 5.82 Å². The van der Waals surface area contributed by atoms with Crippen LogP contribution in [0.1, 0.15) is 11.3 Å². The van der Waals surface area contributed by atoms with Crippen LogP contribution < -0.4 is 5.73 Å². The van der Waals surface area contributed by atoms with Gasteiger partial charge in [-0.2, -0.15) is 0 Å². The molecular formula is C11H11N3OS. The molecule has 5 heteroatoms. The number of nitrogens with two attached hydrogens (primary N) is 1. The van der Waals surface area contributed by atoms with Gasteiger partial charge < -0.3 is 10.5 Å². The van der Waals surface area contributed by atoms with Gasteiger partial charge in [0.25, 0.3) is 0 Å². The lowest BCUT2D eigenvalue weighted by Crippen LogP contribution is -2.15. The molecule has 3 rings (SSSR count). The Morgan fingerprint density at radius 3 is 3.12 bits per heavy atom. The molecule has 3 heterocycles. The van der Waals surface area contributed by atoms with E-state index in [9.17, 15) is 0 Å². The maximum absolute atomic E-state index is 5.92. The maximum atomic E-state index is 5.92. The van der Waals surface area contributed by atoms with Crippen molar-refractivity contribution >= 4 is 17.2 Å². The average molecular weight is 233 g/mol. The molecule has 82 valence electrons. The van der Waals surface area contributed by atoms with E-state index in [-0.39, 0.29) is 0 Å². The fourth-order valence-electron chi connectivity index (χ4n) is 1.77. The Morgan fingerprint density at radius 1 is 1.38 bits per heavy atom. The normalized spacial score (nSPS) is 14.8. The number of anilines is 1. The van der Waals surface area contributed by atoms with Crippen molar-refractivity contribution in [2.45, 2.75) is 13.0 Å². The number of fused-ring (bicyclic) bond motifs is 1. The Morgan fingerprint density at radius 2 is 2.31 bits per heavy atom. The van der Waals surface area contributed by atoms with Gasteiger partial charge in [-0.1, -0.05) is 6.07 Å². The summed E-state index contributed by atoms with van der Waals surface area (Å²) in [6.07, 6.45) is 0.820. The van der Waals surface area contributed by atoms with Gasteiger partial charge in [0, 0.05) is 12.0 Å². The Bertz CT molecular complexity index is 510. The molecule has 0 amide bonds. The Hall–Kier alpha value is -1.46. The van der Waals surface area contributed by atoms with E-state index in [0.29, 0.717) is 19.0 Å². The van der Waals surface area contributed by atoms with E-state index < -0.39 is 0 Å². The Kier molecular flexibility index (Phi) is 2.34. The summed E-state index contributed by atoms with van der Waals surface area (Å²) < 4.78 is 5.35. The van der Waals surface area contributed by atoms with Crippen LogP contribution in [0, 0.1) is 0 Å². The number of hydrogen-bond donors (Lipinski definition) is 1. The van der Waals surface area contributed by atoms with Crippen molar-refractivity contribution in [2.24, 2.45) is 0 Å². The average Bonchev–Trinajstić information content (AvgIpc) is 2.82. The van der Waals surface area contributed by atoms with Crippen LogP contribution in [-0.4, -0.2) is 16.6 Å². The lowest BCUT2D eigenvalue weighted by atomic mass is 10.1. The zero-order chi connectivity index (χ0) is 11.0. The van der Waals surface area contributed by atoms with Crippen molar-refractivity contribution in [3.63, 3.8) is 0 Å². The highest BCUT2D eigenvalue weighted by Crippen LogP contribution is 2.26. The monoisotopic (exact) mass is 233 g/mol. The number of hydrogen-bond acceptors (Lipinski definition) is 5. The molecule has 1 aliphatic rings. The van der Waals surface area contributed by atoms with Crippen LogP contribution in [-0.2, 0) is 17.8 Å². The van der Waals surface area contributed by atoms with Crippen LogP contribution in [0.4, 0.5) is 5.82 Å². The Balaban J connectivity index is 2.12. The van der Waals surface area contributed by atoms with Gasteiger partial charge in [-0.15, -0.1) is 11.3 Å². The molecule has 1 aliphatic heterocycles. The quantitative estimate of drug-likeness (QED) is 0.816. The SMILES string of the molecule is Nc1nc(-c2cccs2)nc2c1COCC2. The number of nitrogens with zero attached hydrogens (tertiary/aromatic N) is 2. The predicted molar refractivity (Wildman–Crippen MR) is 63.1 cm³/mol. The molecule has 2 aromatic heterocycles. The summed E-state index contributed by atoms with van der Waals surface area (Å²) in [4.78, 5) is 9.94. The molecule has 0 bridgehead atoms. The molecular weight excluding hydrogens is 222 g/mol. The first-order valence-corrected chi connectivity index (χ1v) is 5.99. The molecule has 2 aromatic rings. The highest BCUT2D eigenvalue weighted by Gasteiger charge is 2.17. The second kappa shape index (κ2) is 3.84. The van der Waals surface area contributed by atoms with Gasteiger partial charge in [0.1, 0.15) is 5.82 Å². The minimum absolute atomic E-state index is 0.534. The summed E-state index contributed by atoms with van der Waals surface area (Å²) in [5.41, 5.74) is 7.90. The van der Waals surface area contributed by atoms with Crippen LogP contribution in [0.3, 0.4) is 0 Å². The standard InChI is InChI=1S/C11H11N3OS/c12-10-7-6-15-4-3-8(7)13-11(14-10)9-2-1-5-16-9/h1-2,5H,3-4,6H2,(H2,12,13,14). The fourth-order valence-corrected chi connectivity index (χ4v) is 2.43. The van der Waals surface area contributed by atoms with Gasteiger partial charge in [0.2, 0.25) is 0 Å². The number of aromatic nitrogens is 2. The zero-order valence-corrected chi connectivity index (χ0v) is 9.46. The second-order valence-corrected chi connectivity index (χ2v) is 4.59. The van der Waals surface area contributed by atoms with Crippen LogP contribution in [0.5, 0.6) is 0 Å². The van der Waals surface area contributed by atoms with E-state index in [4.69, 9.17) is 10.5 Å². The smallest absolute Gasteiger partial charge is 0.171 e. The first kappa shape index (κ1) is 9.74. The van der Waals surface area contributed by atoms with Crippen molar-refractivity contribution in [3.8, 4) is 10.7 Å². The molecule has 0 fully saturated rings. The molecule has 0 aliphatic carbocycles. The van der Waals surface area contributed by atoms with E-state index in [1.165, 1.54) is 0 Å². The van der Waals surface area contributed by atoms with Crippen molar-refractivity contribution in [1.29, 1.82) is 0 Å². The third kappa shape index (κ3) is 1.58. The first-order chi connectivity index (χ1) is 7.84. The summed E-state index contributed by atoms with van der Waals surface area (Å²) >= 11 is 1.62. The lowest BCUT2D eigenvalue weighted by Gasteiger charge is -2.17. The molecule has 4 nitrogen and oxygen atoms in total. The molecule has 0 radical (unpaired) electrons. The molecule has 0 saturated heterocycles. The molecule has 0 atom stereocenters. The van der Waals surface area contributed by atoms with E-state index in [0.717, 1.165) is 28.4 Å². The van der Waals surface area contributed by atoms with Crippen LogP contribution in [0.15, 0.2) is 17.5 Å². The molecule has 0 unspecified atom stereocenters. The van der Waals surface area contributed by atoms with E-state index in [1.54, 1.807) is 11.3 Å². The first-order valence-electron chi connectivity index (χ1n) is 5.11. The van der Waals surface area contributed by atoms with Gasteiger partial charge >= 0.3 is 0 Å². The van der Waals surface area contributed by atoms with E-state index in [1.807, 2.05) is 17.5 Å². The molecule has 2 N–H and O–H groups in total. The summed E-state index contributed by atoms with van der Waals surface area (Å²) in [6, 6.07) is 3.99. The van der Waals surface area contributed by atoms with E-state index in [2.05, 4.69) is 9.97 Å². The molecule has 16 heavy (non-hydrogen) atoms. The van der Waals surface area contributed by atoms with Gasteiger partial charge in [-0.05, 0) is 11.4 Å². The van der Waals surface area contributed by atoms with Crippen molar-refractivity contribution in [2.75, 3.05) is 12.3 Å². The number of nitrogen functional groups attached to an aromatic ring is 1.